The number of methoxy groups -OCH3 is 1. The van der Waals surface area contributed by atoms with Crippen LogP contribution in [0.1, 0.15) is 64.9 Å². The number of nitrogens with zero attached hydrogens (tertiary/aromatic N) is 3. The van der Waals surface area contributed by atoms with E-state index >= 15 is 0 Å². The summed E-state index contributed by atoms with van der Waals surface area (Å²) in [6.07, 6.45) is 3.88. The average Bonchev–Trinajstić information content (AvgIpc) is 3.07. The average molecular weight is 646 g/mol. The summed E-state index contributed by atoms with van der Waals surface area (Å²) < 4.78 is 19.3. The van der Waals surface area contributed by atoms with E-state index in [1.54, 1.807) is 49.7 Å². The van der Waals surface area contributed by atoms with E-state index in [-0.39, 0.29) is 23.6 Å². The molecule has 0 fully saturated rings. The number of hydrogen-bond donors (Lipinski definition) is 1. The van der Waals surface area contributed by atoms with Crippen LogP contribution in [0.5, 0.6) is 17.2 Å². The molecular weight excluding hydrogens is 606 g/mol. The molecule has 0 unspecified atom stereocenters. The van der Waals surface area contributed by atoms with Crippen molar-refractivity contribution in [3.63, 3.8) is 0 Å². The number of para-hydroxylation sites is 1. The van der Waals surface area contributed by atoms with Crippen LogP contribution in [-0.4, -0.2) is 40.7 Å². The molecule has 246 valence electrons. The van der Waals surface area contributed by atoms with E-state index in [1.807, 2.05) is 56.3 Å². The molecule has 1 N–H and O–H groups in total. The topological polar surface area (TPSA) is 112 Å². The van der Waals surface area contributed by atoms with Crippen LogP contribution in [0.25, 0.3) is 22.3 Å². The summed E-state index contributed by atoms with van der Waals surface area (Å²) in [6.45, 7) is 12.6. The number of fused-ring (bicyclic) bond motifs is 1. The number of ether oxygens (including phenoxy) is 3. The largest absolute Gasteiger partial charge is 0.496 e. The summed E-state index contributed by atoms with van der Waals surface area (Å²) >= 11 is 0. The van der Waals surface area contributed by atoms with E-state index in [1.165, 1.54) is 4.68 Å². The molecule has 0 saturated heterocycles. The first kappa shape index (κ1) is 33.7. The van der Waals surface area contributed by atoms with Gasteiger partial charge >= 0.3 is 5.97 Å². The number of rotatable bonds is 13. The van der Waals surface area contributed by atoms with Gasteiger partial charge in [0.2, 0.25) is 0 Å². The number of carbonyl (C=O) groups is 1. The van der Waals surface area contributed by atoms with Crippen molar-refractivity contribution in [2.75, 3.05) is 13.7 Å². The molecule has 9 nitrogen and oxygen atoms in total. The minimum Gasteiger partial charge on any atom is -0.496 e. The van der Waals surface area contributed by atoms with Crippen LogP contribution < -0.4 is 19.8 Å². The molecule has 0 saturated carbocycles. The van der Waals surface area contributed by atoms with E-state index in [4.69, 9.17) is 24.3 Å². The van der Waals surface area contributed by atoms with Gasteiger partial charge in [-0.1, -0.05) is 44.2 Å². The van der Waals surface area contributed by atoms with Gasteiger partial charge in [0.05, 0.1) is 36.4 Å². The highest BCUT2D eigenvalue weighted by Gasteiger charge is 2.19. The molecule has 9 heteroatoms. The molecule has 5 rings (SSSR count). The lowest BCUT2D eigenvalue weighted by Crippen LogP contribution is -2.21. The second kappa shape index (κ2) is 14.8. The number of hydrogen-bond acceptors (Lipinski definition) is 7. The first-order valence-corrected chi connectivity index (χ1v) is 15.8. The van der Waals surface area contributed by atoms with Crippen LogP contribution >= 0.6 is 0 Å². The number of benzene rings is 4. The predicted octanol–water partition coefficient (Wildman–Crippen LogP) is 7.79. The quantitative estimate of drug-likeness (QED) is 0.103. The number of allylic oxidation sites excluding steroid dienone is 1. The van der Waals surface area contributed by atoms with Crippen molar-refractivity contribution < 1.29 is 24.1 Å². The van der Waals surface area contributed by atoms with Crippen LogP contribution in [0.2, 0.25) is 0 Å². The number of aromatic carboxylic acids is 1. The normalized spacial score (nSPS) is 11.3. The Hall–Kier alpha value is -5.70. The van der Waals surface area contributed by atoms with E-state index in [0.717, 1.165) is 33.6 Å². The Bertz CT molecular complexity index is 2060. The fourth-order valence-corrected chi connectivity index (χ4v) is 5.49. The van der Waals surface area contributed by atoms with Gasteiger partial charge < -0.3 is 19.3 Å². The minimum atomic E-state index is -0.986. The number of aryl methyl sites for hydroxylation is 1. The SMILES string of the molecule is C=CCc1cc(C=Nn2c(-c3cc(C(C)C)c(OC)cc3C)nc3ccccc3c2=O)cc(OCC)c1OCc1ccc(C(=O)O)cc1. The van der Waals surface area contributed by atoms with Gasteiger partial charge in [0.1, 0.15) is 12.4 Å². The van der Waals surface area contributed by atoms with Crippen LogP contribution in [0.3, 0.4) is 0 Å². The molecule has 0 aliphatic heterocycles. The maximum absolute atomic E-state index is 14.0. The highest BCUT2D eigenvalue weighted by molar-refractivity contribution is 5.87. The van der Waals surface area contributed by atoms with Gasteiger partial charge in [0.25, 0.3) is 5.56 Å². The minimum absolute atomic E-state index is 0.175. The summed E-state index contributed by atoms with van der Waals surface area (Å²) in [5, 5.41) is 14.4. The third kappa shape index (κ3) is 7.15. The van der Waals surface area contributed by atoms with Crippen molar-refractivity contribution in [1.82, 2.24) is 9.66 Å². The Balaban J connectivity index is 1.60. The summed E-state index contributed by atoms with van der Waals surface area (Å²) in [5.41, 5.74) is 5.48. The molecule has 0 aliphatic rings. The van der Waals surface area contributed by atoms with Crippen molar-refractivity contribution >= 4 is 23.1 Å². The Morgan fingerprint density at radius 3 is 2.46 bits per heavy atom. The standard InChI is InChI=1S/C39H39N3O6/c1-7-11-29-19-27(20-35(47-8-2)36(29)48-23-26-14-16-28(17-15-26)39(44)45)22-40-42-37(41-33-13-10-9-12-30(33)38(42)43)32-21-31(24(3)4)34(46-6)18-25(32)5/h7,9-10,12-22,24H,1,8,11,23H2,2-6H3,(H,44,45). The van der Waals surface area contributed by atoms with Crippen molar-refractivity contribution in [3.8, 4) is 28.6 Å². The molecule has 5 aromatic rings. The zero-order chi connectivity index (χ0) is 34.4. The molecule has 0 bridgehead atoms. The second-order valence-corrected chi connectivity index (χ2v) is 11.6. The molecule has 1 heterocycles. The smallest absolute Gasteiger partial charge is 0.335 e. The molecule has 0 radical (unpaired) electrons. The highest BCUT2D eigenvalue weighted by Crippen LogP contribution is 2.36. The highest BCUT2D eigenvalue weighted by atomic mass is 16.5. The van der Waals surface area contributed by atoms with Crippen LogP contribution in [0.4, 0.5) is 0 Å². The number of carboxylic acids is 1. The fourth-order valence-electron chi connectivity index (χ4n) is 5.49. The molecule has 1 aromatic heterocycles. The Kier molecular flexibility index (Phi) is 10.4. The lowest BCUT2D eigenvalue weighted by Gasteiger charge is -2.18. The van der Waals surface area contributed by atoms with Crippen molar-refractivity contribution in [1.29, 1.82) is 0 Å². The van der Waals surface area contributed by atoms with Gasteiger partial charge in [-0.15, -0.1) is 6.58 Å². The van der Waals surface area contributed by atoms with Crippen LogP contribution in [-0.2, 0) is 13.0 Å². The monoisotopic (exact) mass is 645 g/mol. The van der Waals surface area contributed by atoms with E-state index in [9.17, 15) is 14.7 Å². The molecule has 0 aliphatic carbocycles. The maximum atomic E-state index is 14.0. The van der Waals surface area contributed by atoms with Gasteiger partial charge in [-0.2, -0.15) is 9.78 Å². The van der Waals surface area contributed by atoms with Crippen molar-refractivity contribution in [2.24, 2.45) is 5.10 Å². The van der Waals surface area contributed by atoms with E-state index in [0.29, 0.717) is 46.8 Å². The van der Waals surface area contributed by atoms with Crippen molar-refractivity contribution in [2.45, 2.75) is 46.6 Å². The number of carboxylic acid groups (broad SMARTS) is 1. The molecule has 0 spiro atoms. The molecule has 48 heavy (non-hydrogen) atoms. The first-order chi connectivity index (χ1) is 23.1. The Labute approximate surface area is 279 Å². The number of aromatic nitrogens is 2. The molecule has 0 amide bonds. The summed E-state index contributed by atoms with van der Waals surface area (Å²) in [6, 6.07) is 21.5. The fraction of sp³-hybridized carbons (Fsp3) is 0.231. The molecule has 0 atom stereocenters. The first-order valence-electron chi connectivity index (χ1n) is 15.8. The third-order valence-corrected chi connectivity index (χ3v) is 7.92. The predicted molar refractivity (Wildman–Crippen MR) is 189 cm³/mol. The van der Waals surface area contributed by atoms with E-state index < -0.39 is 5.97 Å². The Morgan fingerprint density at radius 1 is 1.04 bits per heavy atom. The molecule has 4 aromatic carbocycles. The second-order valence-electron chi connectivity index (χ2n) is 11.6. The zero-order valence-electron chi connectivity index (χ0n) is 27.8. The van der Waals surface area contributed by atoms with Gasteiger partial charge in [-0.05, 0) is 97.0 Å². The lowest BCUT2D eigenvalue weighted by atomic mass is 9.96. The van der Waals surface area contributed by atoms with Gasteiger partial charge in [-0.25, -0.2) is 9.78 Å². The van der Waals surface area contributed by atoms with Crippen LogP contribution in [0.15, 0.2) is 95.3 Å². The van der Waals surface area contributed by atoms with Crippen molar-refractivity contribution in [3.05, 3.63) is 129 Å². The summed E-state index contributed by atoms with van der Waals surface area (Å²) in [7, 11) is 1.65. The summed E-state index contributed by atoms with van der Waals surface area (Å²) in [4.78, 5) is 30.1. The third-order valence-electron chi connectivity index (χ3n) is 7.92. The van der Waals surface area contributed by atoms with Gasteiger partial charge in [0, 0.05) is 11.1 Å². The maximum Gasteiger partial charge on any atom is 0.335 e. The van der Waals surface area contributed by atoms with Crippen LogP contribution in [0, 0.1) is 6.92 Å². The zero-order valence-corrected chi connectivity index (χ0v) is 27.8. The van der Waals surface area contributed by atoms with E-state index in [2.05, 4.69) is 20.4 Å². The Morgan fingerprint density at radius 2 is 1.79 bits per heavy atom. The van der Waals surface area contributed by atoms with Gasteiger partial charge in [0.15, 0.2) is 17.3 Å². The lowest BCUT2D eigenvalue weighted by molar-refractivity contribution is 0.0697. The van der Waals surface area contributed by atoms with Gasteiger partial charge in [-0.3, -0.25) is 4.79 Å². The molecular formula is C39H39N3O6. The summed E-state index contributed by atoms with van der Waals surface area (Å²) in [5.74, 6) is 1.45.